The van der Waals surface area contributed by atoms with Gasteiger partial charge in [-0.1, -0.05) is 57.2 Å². The van der Waals surface area contributed by atoms with Gasteiger partial charge in [-0.2, -0.15) is 10.1 Å². The minimum Gasteiger partial charge on any atom is -0.399 e. The number of nitrogens with one attached hydrogen (secondary N) is 2. The van der Waals surface area contributed by atoms with Crippen LogP contribution < -0.4 is 20.8 Å². The molecule has 0 bridgehead atoms. The molecule has 0 fully saturated rings. The predicted molar refractivity (Wildman–Crippen MR) is 156 cm³/mol. The van der Waals surface area contributed by atoms with Crippen LogP contribution >= 0.6 is 0 Å². The zero-order valence-electron chi connectivity index (χ0n) is 22.2. The molecule has 3 aromatic rings. The van der Waals surface area contributed by atoms with Gasteiger partial charge in [0.2, 0.25) is 10.0 Å². The molecule has 9 heteroatoms. The summed E-state index contributed by atoms with van der Waals surface area (Å²) < 4.78 is 26.6. The van der Waals surface area contributed by atoms with E-state index in [2.05, 4.69) is 35.1 Å². The zero-order valence-corrected chi connectivity index (χ0v) is 23.0. The summed E-state index contributed by atoms with van der Waals surface area (Å²) in [6.07, 6.45) is 3.56. The van der Waals surface area contributed by atoms with Crippen molar-refractivity contribution in [2.75, 3.05) is 22.6 Å². The van der Waals surface area contributed by atoms with Crippen molar-refractivity contribution in [3.8, 4) is 0 Å². The maximum atomic E-state index is 12.8. The highest BCUT2D eigenvalue weighted by Gasteiger charge is 2.29. The SMILES string of the molecule is CCNS(=O)(=O)c1ccc(N2N=C(C)/C(=C\Nc3ccccc3CC)C2=O)cc1.CCc1ccccc1N. The fourth-order valence-electron chi connectivity index (χ4n) is 3.87. The fourth-order valence-corrected chi connectivity index (χ4v) is 4.92. The summed E-state index contributed by atoms with van der Waals surface area (Å²) in [6.45, 7) is 7.96. The van der Waals surface area contributed by atoms with Gasteiger partial charge < -0.3 is 11.1 Å². The molecule has 1 aliphatic rings. The average molecular weight is 534 g/mol. The summed E-state index contributed by atoms with van der Waals surface area (Å²) in [5, 5.41) is 8.81. The first kappa shape index (κ1) is 28.6. The molecular weight excluding hydrogens is 498 g/mol. The van der Waals surface area contributed by atoms with Gasteiger partial charge in [-0.15, -0.1) is 0 Å². The number of hydrogen-bond donors (Lipinski definition) is 3. The standard InChI is InChI=1S/C21H24N4O3S.C8H11N/c1-4-16-8-6-7-9-20(16)22-14-19-15(3)24-25(21(19)26)17-10-12-18(13-11-17)29(27,28)23-5-2;1-2-7-5-3-4-6-8(7)9/h6-14,22-23H,4-5H2,1-3H3;3-6H,2,9H2,1H3/b19-14+;. The van der Waals surface area contributed by atoms with Gasteiger partial charge in [0, 0.05) is 24.1 Å². The predicted octanol–water partition coefficient (Wildman–Crippen LogP) is 5.10. The lowest BCUT2D eigenvalue weighted by Crippen LogP contribution is -2.24. The average Bonchev–Trinajstić information content (AvgIpc) is 3.21. The molecule has 0 atom stereocenters. The van der Waals surface area contributed by atoms with E-state index in [0.717, 1.165) is 29.8 Å². The third kappa shape index (κ3) is 6.87. The first-order valence-corrected chi connectivity index (χ1v) is 14.1. The van der Waals surface area contributed by atoms with Gasteiger partial charge in [-0.3, -0.25) is 4.79 Å². The highest BCUT2D eigenvalue weighted by molar-refractivity contribution is 7.89. The van der Waals surface area contributed by atoms with Crippen molar-refractivity contribution >= 4 is 38.7 Å². The van der Waals surface area contributed by atoms with Crippen LogP contribution in [0.15, 0.2) is 94.6 Å². The number of hydrazone groups is 1. The Labute approximate surface area is 225 Å². The van der Waals surface area contributed by atoms with E-state index in [1.807, 2.05) is 42.5 Å². The molecule has 200 valence electrons. The van der Waals surface area contributed by atoms with Crippen molar-refractivity contribution in [1.82, 2.24) is 4.72 Å². The van der Waals surface area contributed by atoms with Crippen molar-refractivity contribution in [2.24, 2.45) is 5.10 Å². The van der Waals surface area contributed by atoms with Crippen molar-refractivity contribution in [2.45, 2.75) is 45.4 Å². The third-order valence-corrected chi connectivity index (χ3v) is 7.56. The lowest BCUT2D eigenvalue weighted by Gasteiger charge is -2.13. The number of nitrogen functional groups attached to an aromatic ring is 1. The molecule has 1 amide bonds. The zero-order chi connectivity index (χ0) is 27.7. The van der Waals surface area contributed by atoms with Crippen LogP contribution in [0, 0.1) is 0 Å². The minimum absolute atomic E-state index is 0.143. The second kappa shape index (κ2) is 13.0. The molecule has 38 heavy (non-hydrogen) atoms. The van der Waals surface area contributed by atoms with E-state index in [-0.39, 0.29) is 10.8 Å². The van der Waals surface area contributed by atoms with Crippen LogP contribution in [0.1, 0.15) is 38.8 Å². The number of benzene rings is 3. The van der Waals surface area contributed by atoms with E-state index >= 15 is 0 Å². The van der Waals surface area contributed by atoms with Crippen LogP contribution in [0.2, 0.25) is 0 Å². The normalized spacial score (nSPS) is 14.2. The molecule has 0 aliphatic carbocycles. The molecule has 0 spiro atoms. The summed E-state index contributed by atoms with van der Waals surface area (Å²) in [7, 11) is -3.54. The number of sulfonamides is 1. The molecule has 0 radical (unpaired) electrons. The first-order valence-electron chi connectivity index (χ1n) is 12.6. The number of anilines is 3. The molecule has 3 aromatic carbocycles. The van der Waals surface area contributed by atoms with Crippen LogP contribution in [0.5, 0.6) is 0 Å². The number of aryl methyl sites for hydroxylation is 2. The second-order valence-electron chi connectivity index (χ2n) is 8.56. The van der Waals surface area contributed by atoms with E-state index in [1.54, 1.807) is 32.2 Å². The summed E-state index contributed by atoms with van der Waals surface area (Å²) in [6, 6.07) is 21.9. The van der Waals surface area contributed by atoms with Gasteiger partial charge in [0.05, 0.1) is 21.9 Å². The van der Waals surface area contributed by atoms with Gasteiger partial charge in [-0.25, -0.2) is 13.1 Å². The molecule has 0 saturated heterocycles. The molecule has 1 aliphatic heterocycles. The second-order valence-corrected chi connectivity index (χ2v) is 10.3. The summed E-state index contributed by atoms with van der Waals surface area (Å²) in [5.41, 5.74) is 11.4. The van der Waals surface area contributed by atoms with Gasteiger partial charge in [0.15, 0.2) is 0 Å². The summed E-state index contributed by atoms with van der Waals surface area (Å²) in [4.78, 5) is 13.0. The highest BCUT2D eigenvalue weighted by atomic mass is 32.2. The van der Waals surface area contributed by atoms with E-state index in [4.69, 9.17) is 5.73 Å². The largest absolute Gasteiger partial charge is 0.399 e. The van der Waals surface area contributed by atoms with Crippen molar-refractivity contribution < 1.29 is 13.2 Å². The smallest absolute Gasteiger partial charge is 0.282 e. The third-order valence-electron chi connectivity index (χ3n) is 5.99. The Hall–Kier alpha value is -3.95. The Morgan fingerprint density at radius 2 is 1.50 bits per heavy atom. The number of carbonyl (C=O) groups excluding carboxylic acids is 1. The van der Waals surface area contributed by atoms with Crippen LogP contribution in [-0.4, -0.2) is 26.6 Å². The van der Waals surface area contributed by atoms with E-state index in [9.17, 15) is 13.2 Å². The molecule has 0 unspecified atom stereocenters. The number of nitrogens with two attached hydrogens (primary N) is 1. The minimum atomic E-state index is -3.54. The molecular formula is C29H35N5O3S. The first-order chi connectivity index (χ1) is 18.2. The number of amides is 1. The number of hydrogen-bond acceptors (Lipinski definition) is 6. The van der Waals surface area contributed by atoms with Crippen LogP contribution in [-0.2, 0) is 27.7 Å². The molecule has 8 nitrogen and oxygen atoms in total. The lowest BCUT2D eigenvalue weighted by molar-refractivity contribution is -0.114. The van der Waals surface area contributed by atoms with Gasteiger partial charge in [0.1, 0.15) is 0 Å². The summed E-state index contributed by atoms with van der Waals surface area (Å²) >= 11 is 0. The van der Waals surface area contributed by atoms with E-state index < -0.39 is 10.0 Å². The van der Waals surface area contributed by atoms with E-state index in [1.165, 1.54) is 22.7 Å². The van der Waals surface area contributed by atoms with Crippen LogP contribution in [0.4, 0.5) is 17.1 Å². The Balaban J connectivity index is 0.000000375. The van der Waals surface area contributed by atoms with Gasteiger partial charge in [0.25, 0.3) is 5.91 Å². The molecule has 4 N–H and O–H groups in total. The van der Waals surface area contributed by atoms with Crippen LogP contribution in [0.25, 0.3) is 0 Å². The quantitative estimate of drug-likeness (QED) is 0.275. The molecule has 0 saturated carbocycles. The fraction of sp³-hybridized carbons (Fsp3) is 0.241. The maximum absolute atomic E-state index is 12.8. The van der Waals surface area contributed by atoms with Crippen molar-refractivity contribution in [3.63, 3.8) is 0 Å². The number of nitrogens with zero attached hydrogens (tertiary/aromatic N) is 2. The van der Waals surface area contributed by atoms with Crippen LogP contribution in [0.3, 0.4) is 0 Å². The van der Waals surface area contributed by atoms with Gasteiger partial charge >= 0.3 is 0 Å². The highest BCUT2D eigenvalue weighted by Crippen LogP contribution is 2.25. The van der Waals surface area contributed by atoms with Crippen molar-refractivity contribution in [1.29, 1.82) is 0 Å². The number of carbonyl (C=O) groups is 1. The topological polar surface area (TPSA) is 117 Å². The number of rotatable bonds is 8. The number of para-hydroxylation sites is 2. The van der Waals surface area contributed by atoms with E-state index in [0.29, 0.717) is 23.5 Å². The Kier molecular flexibility index (Phi) is 9.81. The Morgan fingerprint density at radius 3 is 2.08 bits per heavy atom. The maximum Gasteiger partial charge on any atom is 0.282 e. The summed E-state index contributed by atoms with van der Waals surface area (Å²) in [5.74, 6) is -0.272. The van der Waals surface area contributed by atoms with Gasteiger partial charge in [-0.05, 0) is 67.3 Å². The van der Waals surface area contributed by atoms with Crippen molar-refractivity contribution in [3.05, 3.63) is 95.7 Å². The molecule has 4 rings (SSSR count). The molecule has 1 heterocycles. The lowest BCUT2D eigenvalue weighted by atomic mass is 10.1. The Morgan fingerprint density at radius 1 is 0.895 bits per heavy atom. The Bertz CT molecular complexity index is 1430. The molecule has 0 aromatic heterocycles. The monoisotopic (exact) mass is 533 g/mol.